The van der Waals surface area contributed by atoms with Gasteiger partial charge in [0.05, 0.1) is 12.8 Å². The Bertz CT molecular complexity index is 938. The van der Waals surface area contributed by atoms with E-state index >= 15 is 0 Å². The first-order valence-corrected chi connectivity index (χ1v) is 8.67. The van der Waals surface area contributed by atoms with E-state index in [1.54, 1.807) is 38.0 Å². The largest absolute Gasteiger partial charge is 0.495 e. The number of aryl methyl sites for hydroxylation is 2. The van der Waals surface area contributed by atoms with Crippen LogP contribution in [0.2, 0.25) is 0 Å². The summed E-state index contributed by atoms with van der Waals surface area (Å²) in [5.41, 5.74) is 1.51. The second kappa shape index (κ2) is 7.61. The maximum atomic E-state index is 12.6. The molecule has 142 valence electrons. The van der Waals surface area contributed by atoms with Gasteiger partial charge in [0.2, 0.25) is 11.8 Å². The molecule has 1 aliphatic heterocycles. The molecule has 1 aromatic heterocycles. The molecule has 2 aromatic rings. The van der Waals surface area contributed by atoms with Gasteiger partial charge in [-0.25, -0.2) is 4.79 Å². The average molecular weight is 370 g/mol. The van der Waals surface area contributed by atoms with Gasteiger partial charge >= 0.3 is 5.69 Å². The number of ether oxygens (including phenoxy) is 1. The predicted octanol–water partition coefficient (Wildman–Crippen LogP) is 0.744. The number of benzene rings is 1. The van der Waals surface area contributed by atoms with E-state index in [4.69, 9.17) is 4.74 Å². The molecule has 1 aromatic carbocycles. The van der Waals surface area contributed by atoms with Crippen LogP contribution in [0.15, 0.2) is 35.1 Å². The first kappa shape index (κ1) is 18.6. The van der Waals surface area contributed by atoms with Crippen molar-refractivity contribution in [3.05, 3.63) is 52.2 Å². The van der Waals surface area contributed by atoms with Gasteiger partial charge in [0.25, 0.3) is 0 Å². The fraction of sp³-hybridized carbons (Fsp3) is 0.368. The van der Waals surface area contributed by atoms with Gasteiger partial charge in [-0.2, -0.15) is 4.98 Å². The molecule has 2 heterocycles. The van der Waals surface area contributed by atoms with Crippen molar-refractivity contribution < 1.29 is 14.3 Å². The van der Waals surface area contributed by atoms with Gasteiger partial charge in [-0.05, 0) is 32.0 Å². The molecule has 0 spiro atoms. The zero-order valence-corrected chi connectivity index (χ0v) is 15.6. The van der Waals surface area contributed by atoms with Gasteiger partial charge < -0.3 is 14.5 Å². The molecular formula is C19H22N4O4. The lowest BCUT2D eigenvalue weighted by molar-refractivity contribution is -0.137. The van der Waals surface area contributed by atoms with Gasteiger partial charge in [-0.3, -0.25) is 14.2 Å². The average Bonchev–Trinajstić information content (AvgIpc) is 2.64. The minimum absolute atomic E-state index is 0.0377. The van der Waals surface area contributed by atoms with Crippen LogP contribution in [-0.2, 0) is 16.1 Å². The SMILES string of the molecule is COc1ccccc1N1CCN(C(=O)Cn2c(C)cc(C)nc2=O)CC1=O. The van der Waals surface area contributed by atoms with Gasteiger partial charge in [0.15, 0.2) is 0 Å². The number of amides is 2. The van der Waals surface area contributed by atoms with Crippen LogP contribution in [0.4, 0.5) is 5.69 Å². The number of carbonyl (C=O) groups is 2. The zero-order chi connectivity index (χ0) is 19.6. The third-order valence-corrected chi connectivity index (χ3v) is 4.59. The second-order valence-electron chi connectivity index (χ2n) is 6.44. The topological polar surface area (TPSA) is 84.7 Å². The Morgan fingerprint density at radius 2 is 1.93 bits per heavy atom. The molecule has 0 aliphatic carbocycles. The van der Waals surface area contributed by atoms with E-state index in [-0.39, 0.29) is 24.9 Å². The summed E-state index contributed by atoms with van der Waals surface area (Å²) >= 11 is 0. The van der Waals surface area contributed by atoms with Crippen LogP contribution in [0, 0.1) is 13.8 Å². The summed E-state index contributed by atoms with van der Waals surface area (Å²) in [5.74, 6) is 0.141. The summed E-state index contributed by atoms with van der Waals surface area (Å²) in [6.07, 6.45) is 0. The third kappa shape index (κ3) is 3.84. The van der Waals surface area contributed by atoms with E-state index in [0.717, 1.165) is 0 Å². The molecule has 0 saturated carbocycles. The summed E-state index contributed by atoms with van der Waals surface area (Å²) in [5, 5.41) is 0. The lowest BCUT2D eigenvalue weighted by Crippen LogP contribution is -2.53. The van der Waals surface area contributed by atoms with Crippen molar-refractivity contribution in [3.8, 4) is 5.75 Å². The van der Waals surface area contributed by atoms with E-state index in [0.29, 0.717) is 35.9 Å². The summed E-state index contributed by atoms with van der Waals surface area (Å²) in [7, 11) is 1.55. The molecule has 3 rings (SSSR count). The molecule has 1 fully saturated rings. The van der Waals surface area contributed by atoms with Crippen LogP contribution in [0.1, 0.15) is 11.4 Å². The van der Waals surface area contributed by atoms with E-state index in [1.807, 2.05) is 18.2 Å². The van der Waals surface area contributed by atoms with Crippen LogP contribution in [0.3, 0.4) is 0 Å². The minimum atomic E-state index is -0.458. The van der Waals surface area contributed by atoms with Crippen LogP contribution >= 0.6 is 0 Å². The number of anilines is 1. The highest BCUT2D eigenvalue weighted by Crippen LogP contribution is 2.28. The third-order valence-electron chi connectivity index (χ3n) is 4.59. The quantitative estimate of drug-likeness (QED) is 0.793. The van der Waals surface area contributed by atoms with Crippen molar-refractivity contribution in [2.75, 3.05) is 31.6 Å². The highest BCUT2D eigenvalue weighted by Gasteiger charge is 2.29. The monoisotopic (exact) mass is 370 g/mol. The highest BCUT2D eigenvalue weighted by atomic mass is 16.5. The fourth-order valence-corrected chi connectivity index (χ4v) is 3.20. The van der Waals surface area contributed by atoms with Crippen molar-refractivity contribution in [3.63, 3.8) is 0 Å². The number of piperazine rings is 1. The van der Waals surface area contributed by atoms with Crippen LogP contribution in [0.5, 0.6) is 5.75 Å². The molecule has 1 saturated heterocycles. The number of aromatic nitrogens is 2. The molecule has 0 bridgehead atoms. The Labute approximate surface area is 157 Å². The van der Waals surface area contributed by atoms with Gasteiger partial charge in [-0.1, -0.05) is 12.1 Å². The summed E-state index contributed by atoms with van der Waals surface area (Å²) in [4.78, 5) is 44.2. The molecule has 1 aliphatic rings. The van der Waals surface area contributed by atoms with Crippen molar-refractivity contribution in [1.29, 1.82) is 0 Å². The van der Waals surface area contributed by atoms with Crippen molar-refractivity contribution >= 4 is 17.5 Å². The standard InChI is InChI=1S/C19H22N4O4/c1-13-10-14(2)23(19(26)20-13)12-17(24)21-8-9-22(18(25)11-21)15-6-4-5-7-16(15)27-3/h4-7,10H,8-9,11-12H2,1-3H3. The molecule has 0 atom stereocenters. The minimum Gasteiger partial charge on any atom is -0.495 e. The highest BCUT2D eigenvalue weighted by molar-refractivity contribution is 5.99. The second-order valence-corrected chi connectivity index (χ2v) is 6.44. The van der Waals surface area contributed by atoms with Crippen molar-refractivity contribution in [2.45, 2.75) is 20.4 Å². The normalized spacial score (nSPS) is 14.4. The fourth-order valence-electron chi connectivity index (χ4n) is 3.20. The first-order chi connectivity index (χ1) is 12.9. The van der Waals surface area contributed by atoms with E-state index in [9.17, 15) is 14.4 Å². The number of methoxy groups -OCH3 is 1. The zero-order valence-electron chi connectivity index (χ0n) is 15.6. The van der Waals surface area contributed by atoms with Crippen LogP contribution in [-0.4, -0.2) is 53.0 Å². The van der Waals surface area contributed by atoms with Gasteiger partial charge in [-0.15, -0.1) is 0 Å². The number of hydrogen-bond acceptors (Lipinski definition) is 5. The summed E-state index contributed by atoms with van der Waals surface area (Å²) < 4.78 is 6.64. The van der Waals surface area contributed by atoms with E-state index in [1.165, 1.54) is 9.47 Å². The molecule has 0 N–H and O–H groups in total. The van der Waals surface area contributed by atoms with E-state index in [2.05, 4.69) is 4.98 Å². The molecule has 0 unspecified atom stereocenters. The number of hydrogen-bond donors (Lipinski definition) is 0. The molecule has 27 heavy (non-hydrogen) atoms. The molecular weight excluding hydrogens is 348 g/mol. The van der Waals surface area contributed by atoms with Crippen molar-refractivity contribution in [2.24, 2.45) is 0 Å². The van der Waals surface area contributed by atoms with E-state index < -0.39 is 5.69 Å². The maximum Gasteiger partial charge on any atom is 0.348 e. The smallest absolute Gasteiger partial charge is 0.348 e. The van der Waals surface area contributed by atoms with Gasteiger partial charge in [0, 0.05) is 24.5 Å². The maximum absolute atomic E-state index is 12.6. The van der Waals surface area contributed by atoms with Crippen LogP contribution < -0.4 is 15.3 Å². The predicted molar refractivity (Wildman–Crippen MR) is 99.9 cm³/mol. The molecule has 8 heteroatoms. The number of nitrogens with zero attached hydrogens (tertiary/aromatic N) is 4. The van der Waals surface area contributed by atoms with Crippen molar-refractivity contribution in [1.82, 2.24) is 14.5 Å². The van der Waals surface area contributed by atoms with Crippen LogP contribution in [0.25, 0.3) is 0 Å². The summed E-state index contributed by atoms with van der Waals surface area (Å²) in [6, 6.07) is 9.03. The lowest BCUT2D eigenvalue weighted by atomic mass is 10.2. The Kier molecular flexibility index (Phi) is 5.25. The Hall–Kier alpha value is -3.16. The summed E-state index contributed by atoms with van der Waals surface area (Å²) in [6.45, 7) is 4.08. The lowest BCUT2D eigenvalue weighted by Gasteiger charge is -2.35. The molecule has 8 nitrogen and oxygen atoms in total. The number of para-hydroxylation sites is 2. The first-order valence-electron chi connectivity index (χ1n) is 8.67. The van der Waals surface area contributed by atoms with Gasteiger partial charge in [0.1, 0.15) is 18.8 Å². The molecule has 2 amide bonds. The Morgan fingerprint density at radius 3 is 2.59 bits per heavy atom. The number of rotatable bonds is 4. The molecule has 0 radical (unpaired) electrons. The Morgan fingerprint density at radius 1 is 1.19 bits per heavy atom. The number of carbonyl (C=O) groups excluding carboxylic acids is 2. The Balaban J connectivity index is 1.72.